The van der Waals surface area contributed by atoms with Crippen LogP contribution in [0, 0.1) is 12.7 Å². The minimum Gasteiger partial charge on any atom is -0.295 e. The van der Waals surface area contributed by atoms with Crippen molar-refractivity contribution in [1.29, 1.82) is 0 Å². The zero-order valence-corrected chi connectivity index (χ0v) is 11.8. The molecule has 2 aromatic rings. The van der Waals surface area contributed by atoms with E-state index in [2.05, 4.69) is 0 Å². The highest BCUT2D eigenvalue weighted by Gasteiger charge is 2.09. The molecule has 0 saturated carbocycles. The first-order valence-corrected chi connectivity index (χ1v) is 6.57. The van der Waals surface area contributed by atoms with Crippen molar-refractivity contribution in [2.45, 2.75) is 13.5 Å². The number of carbonyl (C=O) groups excluding carboxylic acids is 1. The lowest BCUT2D eigenvalue weighted by Gasteiger charge is -2.16. The van der Waals surface area contributed by atoms with Gasteiger partial charge in [0.1, 0.15) is 5.82 Å². The molecule has 0 amide bonds. The largest absolute Gasteiger partial charge is 0.295 e. The Balaban J connectivity index is 1.95. The molecule has 0 atom stereocenters. The number of nitrogens with zero attached hydrogens (tertiary/aromatic N) is 1. The number of ketones is 1. The summed E-state index contributed by atoms with van der Waals surface area (Å²) in [6.45, 7) is 2.94. The fourth-order valence-corrected chi connectivity index (χ4v) is 2.11. The van der Waals surface area contributed by atoms with E-state index in [1.54, 1.807) is 12.1 Å². The summed E-state index contributed by atoms with van der Waals surface area (Å²) in [5.41, 5.74) is 2.80. The molecular weight excluding hydrogens is 253 g/mol. The Hall–Kier alpha value is -2.00. The molecule has 0 aliphatic carbocycles. The van der Waals surface area contributed by atoms with E-state index in [-0.39, 0.29) is 11.6 Å². The van der Waals surface area contributed by atoms with Gasteiger partial charge in [-0.05, 0) is 37.7 Å². The summed E-state index contributed by atoms with van der Waals surface area (Å²) >= 11 is 0. The van der Waals surface area contributed by atoms with Crippen molar-refractivity contribution in [2.24, 2.45) is 0 Å². The fourth-order valence-electron chi connectivity index (χ4n) is 2.11. The van der Waals surface area contributed by atoms with Crippen LogP contribution >= 0.6 is 0 Å². The Kier molecular flexibility index (Phi) is 4.64. The first kappa shape index (κ1) is 14.4. The van der Waals surface area contributed by atoms with Crippen LogP contribution in [0.3, 0.4) is 0 Å². The predicted octanol–water partition coefficient (Wildman–Crippen LogP) is 3.45. The average molecular weight is 271 g/mol. The molecule has 0 fully saturated rings. The molecule has 0 aromatic heterocycles. The predicted molar refractivity (Wildman–Crippen MR) is 78.2 cm³/mol. The van der Waals surface area contributed by atoms with Gasteiger partial charge in [0.05, 0.1) is 6.54 Å². The van der Waals surface area contributed by atoms with Crippen LogP contribution in [0.5, 0.6) is 0 Å². The molecule has 0 spiro atoms. The van der Waals surface area contributed by atoms with Crippen molar-refractivity contribution in [3.05, 3.63) is 71.0 Å². The molecule has 0 aliphatic rings. The van der Waals surface area contributed by atoms with Crippen molar-refractivity contribution in [3.8, 4) is 0 Å². The quantitative estimate of drug-likeness (QED) is 0.776. The summed E-state index contributed by atoms with van der Waals surface area (Å²) in [5, 5.41) is 0. The molecule has 20 heavy (non-hydrogen) atoms. The standard InChI is InChI=1S/C17H18FNO/c1-13-4-3-5-15(10-13)17(20)12-19(2)11-14-6-8-16(18)9-7-14/h3-10H,11-12H2,1-2H3. The smallest absolute Gasteiger partial charge is 0.176 e. The van der Waals surface area contributed by atoms with Crippen LogP contribution in [0.2, 0.25) is 0 Å². The van der Waals surface area contributed by atoms with Gasteiger partial charge in [-0.15, -0.1) is 0 Å². The number of benzene rings is 2. The molecule has 0 radical (unpaired) electrons. The summed E-state index contributed by atoms with van der Waals surface area (Å²) in [5.74, 6) is -0.148. The van der Waals surface area contributed by atoms with Gasteiger partial charge in [-0.25, -0.2) is 4.39 Å². The molecule has 0 bridgehead atoms. The third-order valence-electron chi connectivity index (χ3n) is 3.12. The molecule has 0 unspecified atom stereocenters. The van der Waals surface area contributed by atoms with E-state index in [9.17, 15) is 9.18 Å². The average Bonchev–Trinajstić information content (AvgIpc) is 2.41. The summed E-state index contributed by atoms with van der Waals surface area (Å²) in [4.78, 5) is 14.1. The number of halogens is 1. The monoisotopic (exact) mass is 271 g/mol. The second kappa shape index (κ2) is 6.44. The maximum absolute atomic E-state index is 12.8. The zero-order valence-electron chi connectivity index (χ0n) is 11.8. The topological polar surface area (TPSA) is 20.3 Å². The molecule has 104 valence electrons. The first-order chi connectivity index (χ1) is 9.54. The van der Waals surface area contributed by atoms with Crippen molar-refractivity contribution in [2.75, 3.05) is 13.6 Å². The van der Waals surface area contributed by atoms with Crippen LogP contribution in [0.4, 0.5) is 4.39 Å². The second-order valence-corrected chi connectivity index (χ2v) is 5.09. The summed E-state index contributed by atoms with van der Waals surface area (Å²) in [6, 6.07) is 13.9. The van der Waals surface area contributed by atoms with Gasteiger partial charge in [0.15, 0.2) is 5.78 Å². The Bertz CT molecular complexity index is 592. The van der Waals surface area contributed by atoms with E-state index in [1.165, 1.54) is 12.1 Å². The van der Waals surface area contributed by atoms with Crippen molar-refractivity contribution >= 4 is 5.78 Å². The van der Waals surface area contributed by atoms with Gasteiger partial charge >= 0.3 is 0 Å². The lowest BCUT2D eigenvalue weighted by Crippen LogP contribution is -2.25. The van der Waals surface area contributed by atoms with E-state index in [4.69, 9.17) is 0 Å². The number of rotatable bonds is 5. The van der Waals surface area contributed by atoms with Crippen LogP contribution in [0.25, 0.3) is 0 Å². The minimum atomic E-state index is -0.243. The van der Waals surface area contributed by atoms with Gasteiger partial charge in [0, 0.05) is 12.1 Å². The van der Waals surface area contributed by atoms with Crippen LogP contribution in [-0.4, -0.2) is 24.3 Å². The Labute approximate surface area is 118 Å². The molecule has 0 heterocycles. The molecule has 0 saturated heterocycles. The third kappa shape index (κ3) is 4.00. The molecule has 2 nitrogen and oxygen atoms in total. The first-order valence-electron chi connectivity index (χ1n) is 6.57. The highest BCUT2D eigenvalue weighted by molar-refractivity contribution is 5.97. The van der Waals surface area contributed by atoms with Gasteiger partial charge in [-0.1, -0.05) is 35.9 Å². The number of hydrogen-bond donors (Lipinski definition) is 0. The number of likely N-dealkylation sites (N-methyl/N-ethyl adjacent to an activating group) is 1. The SMILES string of the molecule is Cc1cccc(C(=O)CN(C)Cc2ccc(F)cc2)c1. The third-order valence-corrected chi connectivity index (χ3v) is 3.12. The number of aryl methyl sites for hydroxylation is 1. The highest BCUT2D eigenvalue weighted by Crippen LogP contribution is 2.08. The number of Topliss-reactive ketones (excluding diaryl/α,β-unsaturated/α-hetero) is 1. The van der Waals surface area contributed by atoms with E-state index < -0.39 is 0 Å². The van der Waals surface area contributed by atoms with Gasteiger partial charge in [-0.3, -0.25) is 9.69 Å². The van der Waals surface area contributed by atoms with Crippen molar-refractivity contribution < 1.29 is 9.18 Å². The van der Waals surface area contributed by atoms with Gasteiger partial charge in [0.25, 0.3) is 0 Å². The van der Waals surface area contributed by atoms with Crippen LogP contribution in [0.1, 0.15) is 21.5 Å². The minimum absolute atomic E-state index is 0.0957. The highest BCUT2D eigenvalue weighted by atomic mass is 19.1. The summed E-state index contributed by atoms with van der Waals surface area (Å²) in [7, 11) is 1.89. The molecule has 3 heteroatoms. The number of hydrogen-bond acceptors (Lipinski definition) is 2. The molecule has 0 aliphatic heterocycles. The maximum atomic E-state index is 12.8. The van der Waals surface area contributed by atoms with Crippen LogP contribution in [-0.2, 0) is 6.54 Å². The molecule has 2 rings (SSSR count). The zero-order chi connectivity index (χ0) is 14.5. The van der Waals surface area contributed by atoms with Crippen LogP contribution < -0.4 is 0 Å². The summed E-state index contributed by atoms with van der Waals surface area (Å²) < 4.78 is 12.8. The van der Waals surface area contributed by atoms with Crippen molar-refractivity contribution in [3.63, 3.8) is 0 Å². The van der Waals surface area contributed by atoms with Gasteiger partial charge in [-0.2, -0.15) is 0 Å². The fraction of sp³-hybridized carbons (Fsp3) is 0.235. The second-order valence-electron chi connectivity index (χ2n) is 5.09. The Morgan fingerprint density at radius 3 is 2.50 bits per heavy atom. The Morgan fingerprint density at radius 1 is 1.15 bits per heavy atom. The van der Waals surface area contributed by atoms with Crippen LogP contribution in [0.15, 0.2) is 48.5 Å². The number of carbonyl (C=O) groups is 1. The van der Waals surface area contributed by atoms with Gasteiger partial charge < -0.3 is 0 Å². The normalized spacial score (nSPS) is 10.8. The van der Waals surface area contributed by atoms with E-state index >= 15 is 0 Å². The lowest BCUT2D eigenvalue weighted by atomic mass is 10.1. The molecular formula is C17H18FNO. The Morgan fingerprint density at radius 2 is 1.85 bits per heavy atom. The summed E-state index contributed by atoms with van der Waals surface area (Å²) in [6.07, 6.45) is 0. The maximum Gasteiger partial charge on any atom is 0.176 e. The van der Waals surface area contributed by atoms with E-state index in [1.807, 2.05) is 43.1 Å². The van der Waals surface area contributed by atoms with Gasteiger partial charge in [0.2, 0.25) is 0 Å². The van der Waals surface area contributed by atoms with E-state index in [0.29, 0.717) is 13.1 Å². The molecule has 0 N–H and O–H groups in total. The van der Waals surface area contributed by atoms with Crippen molar-refractivity contribution in [1.82, 2.24) is 4.90 Å². The lowest BCUT2D eigenvalue weighted by molar-refractivity contribution is 0.0943. The molecule has 2 aromatic carbocycles. The van der Waals surface area contributed by atoms with E-state index in [0.717, 1.165) is 16.7 Å².